The number of benzene rings is 3. The Morgan fingerprint density at radius 2 is 1.67 bits per heavy atom. The highest BCUT2D eigenvalue weighted by molar-refractivity contribution is 6.01. The van der Waals surface area contributed by atoms with Crippen LogP contribution in [0.4, 0.5) is 10.1 Å². The van der Waals surface area contributed by atoms with Gasteiger partial charge in [0.25, 0.3) is 0 Å². The molecular formula is C28H30FN5O2. The summed E-state index contributed by atoms with van der Waals surface area (Å²) in [6.07, 6.45) is 0.820. The molecule has 0 aliphatic rings. The molecule has 0 saturated heterocycles. The standard InChI is InChI=1S/C28H30FN5O2/c1-5-19-14-16-20(17-15-19)34(25(35)18-33-24-13-9-8-12-23(24)31-32-33)26(27(36)30-28(2,3)4)21-10-6-7-11-22(21)29/h6-17,26H,5,18H2,1-4H3,(H,30,36)/t26-/m1/s1. The van der Waals surface area contributed by atoms with Gasteiger partial charge < -0.3 is 5.32 Å². The van der Waals surface area contributed by atoms with Gasteiger partial charge in [-0.25, -0.2) is 9.07 Å². The van der Waals surface area contributed by atoms with Crippen molar-refractivity contribution in [3.8, 4) is 0 Å². The Morgan fingerprint density at radius 3 is 2.33 bits per heavy atom. The molecular weight excluding hydrogens is 457 g/mol. The Kier molecular flexibility index (Phi) is 7.15. The molecule has 7 nitrogen and oxygen atoms in total. The maximum Gasteiger partial charge on any atom is 0.249 e. The third kappa shape index (κ3) is 5.43. The summed E-state index contributed by atoms with van der Waals surface area (Å²) in [5, 5.41) is 11.2. The van der Waals surface area contributed by atoms with Gasteiger partial charge in [-0.1, -0.05) is 54.6 Å². The average Bonchev–Trinajstić information content (AvgIpc) is 3.25. The number of anilines is 1. The second-order valence-electron chi connectivity index (χ2n) is 9.68. The number of hydrogen-bond donors (Lipinski definition) is 1. The summed E-state index contributed by atoms with van der Waals surface area (Å²) in [5.74, 6) is -1.48. The fraction of sp³-hybridized carbons (Fsp3) is 0.286. The molecule has 1 heterocycles. The number of para-hydroxylation sites is 1. The number of aromatic nitrogens is 3. The van der Waals surface area contributed by atoms with Crippen LogP contribution in [0, 0.1) is 5.82 Å². The second-order valence-corrected chi connectivity index (χ2v) is 9.68. The smallest absolute Gasteiger partial charge is 0.249 e. The SMILES string of the molecule is CCc1ccc(N(C(=O)Cn2nnc3ccccc32)[C@@H](C(=O)NC(C)(C)C)c2ccccc2F)cc1. The van der Waals surface area contributed by atoms with E-state index >= 15 is 4.39 Å². The highest BCUT2D eigenvalue weighted by atomic mass is 19.1. The number of amides is 2. The van der Waals surface area contributed by atoms with Crippen molar-refractivity contribution in [1.82, 2.24) is 20.3 Å². The van der Waals surface area contributed by atoms with Gasteiger partial charge in [-0.15, -0.1) is 5.10 Å². The van der Waals surface area contributed by atoms with E-state index in [2.05, 4.69) is 15.6 Å². The molecule has 2 amide bonds. The maximum atomic E-state index is 15.1. The van der Waals surface area contributed by atoms with E-state index in [-0.39, 0.29) is 12.1 Å². The van der Waals surface area contributed by atoms with Gasteiger partial charge in [-0.05, 0) is 63.1 Å². The molecule has 0 fully saturated rings. The molecule has 0 bridgehead atoms. The summed E-state index contributed by atoms with van der Waals surface area (Å²) in [5.41, 5.74) is 2.42. The zero-order chi connectivity index (χ0) is 25.9. The Balaban J connectivity index is 1.83. The first kappa shape index (κ1) is 25.0. The number of hydrogen-bond acceptors (Lipinski definition) is 4. The number of aryl methyl sites for hydroxylation is 1. The molecule has 3 aromatic carbocycles. The summed E-state index contributed by atoms with van der Waals surface area (Å²) < 4.78 is 16.6. The monoisotopic (exact) mass is 487 g/mol. The minimum atomic E-state index is -1.24. The summed E-state index contributed by atoms with van der Waals surface area (Å²) in [7, 11) is 0. The molecule has 186 valence electrons. The lowest BCUT2D eigenvalue weighted by Crippen LogP contribution is -2.50. The van der Waals surface area contributed by atoms with Crippen molar-refractivity contribution in [3.05, 3.63) is 89.7 Å². The molecule has 1 N–H and O–H groups in total. The first-order valence-corrected chi connectivity index (χ1v) is 11.9. The van der Waals surface area contributed by atoms with Crippen molar-refractivity contribution in [2.24, 2.45) is 0 Å². The van der Waals surface area contributed by atoms with E-state index in [9.17, 15) is 9.59 Å². The third-order valence-corrected chi connectivity index (χ3v) is 5.80. The predicted molar refractivity (Wildman–Crippen MR) is 138 cm³/mol. The topological polar surface area (TPSA) is 80.1 Å². The molecule has 0 aliphatic heterocycles. The lowest BCUT2D eigenvalue weighted by Gasteiger charge is -2.34. The Bertz CT molecular complexity index is 1370. The van der Waals surface area contributed by atoms with E-state index < -0.39 is 29.2 Å². The number of rotatable bonds is 7. The number of carbonyl (C=O) groups is 2. The number of nitrogens with one attached hydrogen (secondary N) is 1. The lowest BCUT2D eigenvalue weighted by molar-refractivity contribution is -0.128. The average molecular weight is 488 g/mol. The molecule has 1 atom stereocenters. The molecule has 36 heavy (non-hydrogen) atoms. The quantitative estimate of drug-likeness (QED) is 0.405. The zero-order valence-corrected chi connectivity index (χ0v) is 20.9. The summed E-state index contributed by atoms with van der Waals surface area (Å²) >= 11 is 0. The van der Waals surface area contributed by atoms with E-state index in [1.807, 2.05) is 64.1 Å². The zero-order valence-electron chi connectivity index (χ0n) is 20.9. The van der Waals surface area contributed by atoms with Gasteiger partial charge in [0, 0.05) is 16.8 Å². The van der Waals surface area contributed by atoms with Gasteiger partial charge in [0.05, 0.1) is 5.52 Å². The highest BCUT2D eigenvalue weighted by Crippen LogP contribution is 2.31. The molecule has 0 unspecified atom stereocenters. The van der Waals surface area contributed by atoms with Crippen LogP contribution in [-0.4, -0.2) is 32.3 Å². The van der Waals surface area contributed by atoms with E-state index in [1.54, 1.807) is 24.3 Å². The molecule has 0 spiro atoms. The summed E-state index contributed by atoms with van der Waals surface area (Å²) in [6.45, 7) is 7.38. The molecule has 4 aromatic rings. The molecule has 4 rings (SSSR count). The molecule has 8 heteroatoms. The van der Waals surface area contributed by atoms with Crippen LogP contribution >= 0.6 is 0 Å². The second kappa shape index (κ2) is 10.3. The first-order valence-electron chi connectivity index (χ1n) is 11.9. The van der Waals surface area contributed by atoms with E-state index in [1.165, 1.54) is 21.7 Å². The molecule has 0 aliphatic carbocycles. The minimum Gasteiger partial charge on any atom is -0.349 e. The Labute approximate surface area is 209 Å². The summed E-state index contributed by atoms with van der Waals surface area (Å²) in [4.78, 5) is 29.0. The normalized spacial score (nSPS) is 12.4. The van der Waals surface area contributed by atoms with Crippen molar-refractivity contribution in [2.45, 2.75) is 52.2 Å². The van der Waals surface area contributed by atoms with Crippen molar-refractivity contribution in [3.63, 3.8) is 0 Å². The fourth-order valence-electron chi connectivity index (χ4n) is 4.10. The van der Waals surface area contributed by atoms with Crippen molar-refractivity contribution in [1.29, 1.82) is 0 Å². The van der Waals surface area contributed by atoms with Gasteiger partial charge >= 0.3 is 0 Å². The van der Waals surface area contributed by atoms with Crippen LogP contribution in [0.3, 0.4) is 0 Å². The fourth-order valence-corrected chi connectivity index (χ4v) is 4.10. The van der Waals surface area contributed by atoms with Crippen LogP contribution in [0.2, 0.25) is 0 Å². The molecule has 0 radical (unpaired) electrons. The van der Waals surface area contributed by atoms with Crippen LogP contribution in [0.1, 0.15) is 44.9 Å². The van der Waals surface area contributed by atoms with Gasteiger partial charge in [0.15, 0.2) is 0 Å². The summed E-state index contributed by atoms with van der Waals surface area (Å²) in [6, 6.07) is 19.5. The van der Waals surface area contributed by atoms with Crippen LogP contribution < -0.4 is 10.2 Å². The van der Waals surface area contributed by atoms with E-state index in [4.69, 9.17) is 0 Å². The number of carbonyl (C=O) groups excluding carboxylic acids is 2. The largest absolute Gasteiger partial charge is 0.349 e. The Morgan fingerprint density at radius 1 is 1.00 bits per heavy atom. The van der Waals surface area contributed by atoms with E-state index in [0.717, 1.165) is 12.0 Å². The van der Waals surface area contributed by atoms with Crippen molar-refractivity contribution >= 4 is 28.5 Å². The van der Waals surface area contributed by atoms with Gasteiger partial charge in [-0.3, -0.25) is 14.5 Å². The van der Waals surface area contributed by atoms with Crippen LogP contribution in [0.15, 0.2) is 72.8 Å². The van der Waals surface area contributed by atoms with Crippen LogP contribution in [0.5, 0.6) is 0 Å². The van der Waals surface area contributed by atoms with Gasteiger partial charge in [-0.2, -0.15) is 0 Å². The molecule has 0 saturated carbocycles. The van der Waals surface area contributed by atoms with Crippen LogP contribution in [-0.2, 0) is 22.6 Å². The minimum absolute atomic E-state index is 0.107. The number of nitrogens with zero attached hydrogens (tertiary/aromatic N) is 4. The van der Waals surface area contributed by atoms with Crippen LogP contribution in [0.25, 0.3) is 11.0 Å². The first-order chi connectivity index (χ1) is 17.2. The predicted octanol–water partition coefficient (Wildman–Crippen LogP) is 4.82. The maximum absolute atomic E-state index is 15.1. The highest BCUT2D eigenvalue weighted by Gasteiger charge is 2.36. The van der Waals surface area contributed by atoms with Gasteiger partial charge in [0.1, 0.15) is 23.9 Å². The molecule has 1 aromatic heterocycles. The van der Waals surface area contributed by atoms with Crippen molar-refractivity contribution < 1.29 is 14.0 Å². The Hall–Kier alpha value is -4.07. The third-order valence-electron chi connectivity index (χ3n) is 5.80. The van der Waals surface area contributed by atoms with E-state index in [0.29, 0.717) is 16.7 Å². The van der Waals surface area contributed by atoms with Crippen molar-refractivity contribution in [2.75, 3.05) is 4.90 Å². The number of halogens is 1. The number of fused-ring (bicyclic) bond motifs is 1. The lowest BCUT2D eigenvalue weighted by atomic mass is 10.00. The van der Waals surface area contributed by atoms with Gasteiger partial charge in [0.2, 0.25) is 11.8 Å².